The van der Waals surface area contributed by atoms with Gasteiger partial charge in [-0.25, -0.2) is 4.98 Å². The molecule has 16 rings (SSSR count). The summed E-state index contributed by atoms with van der Waals surface area (Å²) in [6, 6.07) is 96.8. The average molecular weight is 1100 g/mol. The van der Waals surface area contributed by atoms with Crippen LogP contribution in [0.25, 0.3) is 67.0 Å². The number of hydrogen-bond acceptors (Lipinski definition) is 3. The van der Waals surface area contributed by atoms with Crippen LogP contribution in [0.3, 0.4) is 0 Å². The number of nitrogens with zero attached hydrogens (tertiary/aromatic N) is 3. The zero-order valence-electron chi connectivity index (χ0n) is 50.2. The summed E-state index contributed by atoms with van der Waals surface area (Å²) in [6.07, 6.45) is 0. The molecule has 0 saturated heterocycles. The predicted octanol–water partition coefficient (Wildman–Crippen LogP) is 19.4. The number of aryl methyl sites for hydroxylation is 2. The van der Waals surface area contributed by atoms with Crippen LogP contribution in [0, 0.1) is 13.8 Å². The second kappa shape index (κ2) is 19.1. The first-order chi connectivity index (χ1) is 41.7. The SMILES string of the molecule is Cc1ccc(N2c3cc4c(cc3B3c5ccc(C(C)(C)C)cc5N(c5ccc(C(C)(C)C)cc5)c5cc(C)cc2c53)-c2ccccc2C42c3ccccc3-c3ccc(-c4cc(-c5ccccc5)cc(-c5ccccc5)n4)cc32)c(-c2ccccc2)c1. The van der Waals surface area contributed by atoms with Crippen LogP contribution in [-0.2, 0) is 16.2 Å². The standard InChI is InChI=1S/C82H66BN3/c1-51-32-41-74(64(42-51)54-24-14-10-15-25-54)86-76-50-69-65(49-71(76)83-70-40-36-59(81(6,7)8)48-75(70)85(77-43-52(2)44-78(86)79(77)83)60-37-34-58(35-38-60)80(3,4)5)62-29-19-21-31-67(62)82(69)66-30-20-18-28-61(66)63-39-33-56(45-68(63)82)73-47-57(53-22-12-9-13-23-53)46-72(84-73)55-26-16-11-17-27-55/h9-50H,1-8H3. The van der Waals surface area contributed by atoms with Crippen LogP contribution in [0.2, 0.25) is 0 Å². The third-order valence-corrected chi connectivity index (χ3v) is 19.1. The molecule has 0 N–H and O–H groups in total. The Hall–Kier alpha value is -9.77. The highest BCUT2D eigenvalue weighted by molar-refractivity contribution is 7.00. The lowest BCUT2D eigenvalue weighted by molar-refractivity contribution is 0.590. The van der Waals surface area contributed by atoms with Crippen molar-refractivity contribution in [3.05, 3.63) is 299 Å². The number of fused-ring (bicyclic) bond motifs is 14. The van der Waals surface area contributed by atoms with E-state index in [1.807, 2.05) is 0 Å². The fourth-order valence-corrected chi connectivity index (χ4v) is 15.0. The minimum absolute atomic E-state index is 0.0146. The summed E-state index contributed by atoms with van der Waals surface area (Å²) in [5, 5.41) is 0. The molecule has 0 radical (unpaired) electrons. The lowest BCUT2D eigenvalue weighted by atomic mass is 9.33. The predicted molar refractivity (Wildman–Crippen MR) is 363 cm³/mol. The Bertz CT molecular complexity index is 4680. The highest BCUT2D eigenvalue weighted by Gasteiger charge is 2.54. The van der Waals surface area contributed by atoms with Gasteiger partial charge in [0.15, 0.2) is 0 Å². The molecule has 1 aromatic heterocycles. The third kappa shape index (κ3) is 7.85. The lowest BCUT2D eigenvalue weighted by Gasteiger charge is -2.45. The van der Waals surface area contributed by atoms with Crippen LogP contribution < -0.4 is 26.2 Å². The minimum atomic E-state index is -0.663. The Balaban J connectivity index is 0.996. The summed E-state index contributed by atoms with van der Waals surface area (Å²) in [5.74, 6) is 0. The molecule has 1 unspecified atom stereocenters. The maximum absolute atomic E-state index is 5.54. The summed E-state index contributed by atoms with van der Waals surface area (Å²) in [4.78, 5) is 10.8. The van der Waals surface area contributed by atoms with Crippen LogP contribution in [0.15, 0.2) is 255 Å². The summed E-state index contributed by atoms with van der Waals surface area (Å²) >= 11 is 0. The number of hydrogen-bond donors (Lipinski definition) is 0. The largest absolute Gasteiger partial charge is 0.311 e. The van der Waals surface area contributed by atoms with Crippen molar-refractivity contribution < 1.29 is 0 Å². The molecule has 0 amide bonds. The summed E-state index contributed by atoms with van der Waals surface area (Å²) in [6.45, 7) is 18.4. The molecule has 1 spiro atoms. The number of anilines is 6. The van der Waals surface area contributed by atoms with Gasteiger partial charge in [-0.1, -0.05) is 235 Å². The molecule has 4 aliphatic rings. The highest BCUT2D eigenvalue weighted by Crippen LogP contribution is 2.64. The average Bonchev–Trinajstić information content (AvgIpc) is 1.42. The Morgan fingerprint density at radius 1 is 0.326 bits per heavy atom. The summed E-state index contributed by atoms with van der Waals surface area (Å²) < 4.78 is 0. The number of aromatic nitrogens is 1. The maximum Gasteiger partial charge on any atom is 0.252 e. The van der Waals surface area contributed by atoms with Gasteiger partial charge in [0.2, 0.25) is 0 Å². The van der Waals surface area contributed by atoms with E-state index in [-0.39, 0.29) is 17.5 Å². The lowest BCUT2D eigenvalue weighted by Crippen LogP contribution is -2.61. The van der Waals surface area contributed by atoms with Crippen molar-refractivity contribution >= 4 is 57.2 Å². The van der Waals surface area contributed by atoms with Crippen molar-refractivity contribution in [2.45, 2.75) is 71.6 Å². The molecular weight excluding hydrogens is 1040 g/mol. The van der Waals surface area contributed by atoms with Crippen LogP contribution >= 0.6 is 0 Å². The van der Waals surface area contributed by atoms with Crippen molar-refractivity contribution in [1.29, 1.82) is 0 Å². The second-order valence-electron chi connectivity index (χ2n) is 26.4. The Kier molecular flexibility index (Phi) is 11.5. The van der Waals surface area contributed by atoms with Crippen LogP contribution in [0.5, 0.6) is 0 Å². The van der Waals surface area contributed by atoms with Crippen LogP contribution in [0.1, 0.15) is 86.1 Å². The van der Waals surface area contributed by atoms with Gasteiger partial charge in [0.05, 0.1) is 22.5 Å². The van der Waals surface area contributed by atoms with E-state index in [9.17, 15) is 0 Å². The first kappa shape index (κ1) is 51.8. The van der Waals surface area contributed by atoms with Gasteiger partial charge in [-0.3, -0.25) is 0 Å². The van der Waals surface area contributed by atoms with Gasteiger partial charge < -0.3 is 9.80 Å². The van der Waals surface area contributed by atoms with E-state index in [1.165, 1.54) is 117 Å². The number of benzene rings is 11. The van der Waals surface area contributed by atoms with E-state index in [0.717, 1.165) is 45.0 Å². The monoisotopic (exact) mass is 1100 g/mol. The number of pyridine rings is 1. The molecular formula is C82H66BN3. The van der Waals surface area contributed by atoms with Crippen molar-refractivity contribution in [2.24, 2.45) is 0 Å². The minimum Gasteiger partial charge on any atom is -0.311 e. The van der Waals surface area contributed by atoms with Gasteiger partial charge in [0.1, 0.15) is 0 Å². The van der Waals surface area contributed by atoms with Crippen molar-refractivity contribution in [3.63, 3.8) is 0 Å². The molecule has 0 fully saturated rings. The molecule has 86 heavy (non-hydrogen) atoms. The van der Waals surface area contributed by atoms with Crippen molar-refractivity contribution in [1.82, 2.24) is 4.98 Å². The zero-order valence-corrected chi connectivity index (χ0v) is 50.2. The molecule has 412 valence electrons. The second-order valence-corrected chi connectivity index (χ2v) is 26.4. The van der Waals surface area contributed by atoms with Gasteiger partial charge in [-0.15, -0.1) is 0 Å². The molecule has 0 bridgehead atoms. The fraction of sp³-hybridized carbons (Fsp3) is 0.134. The van der Waals surface area contributed by atoms with Gasteiger partial charge in [-0.2, -0.15) is 0 Å². The van der Waals surface area contributed by atoms with E-state index in [2.05, 4.69) is 320 Å². The maximum atomic E-state index is 5.54. The van der Waals surface area contributed by atoms with E-state index < -0.39 is 5.41 Å². The molecule has 1 atom stereocenters. The normalized spacial score (nSPS) is 15.0. The Morgan fingerprint density at radius 2 is 0.872 bits per heavy atom. The highest BCUT2D eigenvalue weighted by atomic mass is 15.2. The van der Waals surface area contributed by atoms with Crippen molar-refractivity contribution in [2.75, 3.05) is 9.80 Å². The first-order valence-electron chi connectivity index (χ1n) is 30.5. The molecule has 0 saturated carbocycles. The molecule has 2 aliphatic heterocycles. The Morgan fingerprint density at radius 3 is 1.53 bits per heavy atom. The summed E-state index contributed by atoms with van der Waals surface area (Å²) in [5.41, 5.74) is 34.5. The zero-order chi connectivity index (χ0) is 58.4. The fourth-order valence-electron chi connectivity index (χ4n) is 15.0. The van der Waals surface area contributed by atoms with Gasteiger partial charge in [-0.05, 0) is 186 Å². The third-order valence-electron chi connectivity index (χ3n) is 19.1. The number of rotatable bonds is 6. The van der Waals surface area contributed by atoms with E-state index in [4.69, 9.17) is 4.98 Å². The summed E-state index contributed by atoms with van der Waals surface area (Å²) in [7, 11) is 0. The topological polar surface area (TPSA) is 19.4 Å². The molecule has 2 aliphatic carbocycles. The van der Waals surface area contributed by atoms with Gasteiger partial charge in [0, 0.05) is 45.1 Å². The Labute approximate surface area is 507 Å². The molecule has 11 aromatic carbocycles. The van der Waals surface area contributed by atoms with Crippen LogP contribution in [-0.4, -0.2) is 11.7 Å². The van der Waals surface area contributed by atoms with Gasteiger partial charge in [0.25, 0.3) is 6.71 Å². The van der Waals surface area contributed by atoms with E-state index >= 15 is 0 Å². The molecule has 12 aromatic rings. The van der Waals surface area contributed by atoms with Crippen molar-refractivity contribution in [3.8, 4) is 67.0 Å². The van der Waals surface area contributed by atoms with Crippen LogP contribution in [0.4, 0.5) is 34.1 Å². The van der Waals surface area contributed by atoms with E-state index in [1.54, 1.807) is 0 Å². The van der Waals surface area contributed by atoms with E-state index in [0.29, 0.717) is 0 Å². The smallest absolute Gasteiger partial charge is 0.252 e. The first-order valence-corrected chi connectivity index (χ1v) is 30.5. The molecule has 3 heterocycles. The van der Waals surface area contributed by atoms with Gasteiger partial charge >= 0.3 is 0 Å². The molecule has 3 nitrogen and oxygen atoms in total. The quantitative estimate of drug-likeness (QED) is 0.155. The molecule has 4 heteroatoms.